The first-order chi connectivity index (χ1) is 3.71. The van der Waals surface area contributed by atoms with Gasteiger partial charge in [0.15, 0.2) is 0 Å². The van der Waals surface area contributed by atoms with Crippen molar-refractivity contribution in [2.75, 3.05) is 0 Å². The Morgan fingerprint density at radius 2 is 0.900 bits per heavy atom. The van der Waals surface area contributed by atoms with Crippen molar-refractivity contribution in [2.45, 2.75) is 41.5 Å². The molecule has 0 nitrogen and oxygen atoms in total. The fourth-order valence-corrected chi connectivity index (χ4v) is 1.30. The summed E-state index contributed by atoms with van der Waals surface area (Å²) in [5.41, 5.74) is 0.719. The molecule has 10 heavy (non-hydrogen) atoms. The molecule has 0 aromatic rings. The average molecular weight is 193 g/mol. The Morgan fingerprint density at radius 3 is 0.900 bits per heavy atom. The quantitative estimate of drug-likeness (QED) is 0.408. The molecular weight excluding hydrogens is 173 g/mol. The van der Waals surface area contributed by atoms with Crippen molar-refractivity contribution in [1.29, 1.82) is 0 Å². The summed E-state index contributed by atoms with van der Waals surface area (Å²) in [6, 6.07) is 0. The zero-order valence-corrected chi connectivity index (χ0v) is 11.3. The van der Waals surface area contributed by atoms with E-state index in [1.165, 1.54) is 0 Å². The summed E-state index contributed by atoms with van der Waals surface area (Å²) in [4.78, 5) is 0. The van der Waals surface area contributed by atoms with E-state index in [1.54, 1.807) is 0 Å². The third-order valence-corrected chi connectivity index (χ3v) is 0.866. The predicted octanol–water partition coefficient (Wildman–Crippen LogP) is 3.28. The molecule has 0 aromatic carbocycles. The van der Waals surface area contributed by atoms with Crippen LogP contribution in [0.3, 0.4) is 0 Å². The van der Waals surface area contributed by atoms with Gasteiger partial charge in [0.05, 0.1) is 0 Å². The fraction of sp³-hybridized carbons (Fsp3) is 0.889. The average Bonchev–Trinajstić information content (AvgIpc) is 1.14. The molecule has 0 aliphatic heterocycles. The first kappa shape index (κ1) is 13.2. The van der Waals surface area contributed by atoms with Gasteiger partial charge in [-0.2, -0.15) is 10.8 Å². The van der Waals surface area contributed by atoms with Gasteiger partial charge in [-0.25, -0.2) is 0 Å². The molecule has 0 saturated carbocycles. The molecule has 0 amide bonds. The molecule has 0 fully saturated rings. The Kier molecular flexibility index (Phi) is 5.10. The minimum atomic E-state index is 0. The Labute approximate surface area is 78.5 Å². The first-order valence-corrected chi connectivity index (χ1v) is 3.58. The van der Waals surface area contributed by atoms with Crippen LogP contribution >= 0.6 is 0 Å². The van der Waals surface area contributed by atoms with Crippen LogP contribution < -0.4 is 0 Å². The molecule has 0 rings (SSSR count). The maximum atomic E-state index is 2.38. The molecule has 58 valence electrons. The van der Waals surface area contributed by atoms with Gasteiger partial charge in [-0.05, 0) is 0 Å². The van der Waals surface area contributed by atoms with Crippen LogP contribution in [0.25, 0.3) is 0 Å². The summed E-state index contributed by atoms with van der Waals surface area (Å²) in [5.74, 6) is 0. The van der Waals surface area contributed by atoms with E-state index >= 15 is 0 Å². The van der Waals surface area contributed by atoms with Crippen LogP contribution in [0.5, 0.6) is 0 Å². The standard InChI is InChI=1S/C9H19.Zn/c1-8(2,3)7-9(4,5)6;/h7H,1-6H3;/q-1;. The van der Waals surface area contributed by atoms with Crippen molar-refractivity contribution in [2.24, 2.45) is 10.8 Å². The largest absolute Gasteiger partial charge is 0.318 e. The third kappa shape index (κ3) is 11.4. The molecule has 0 spiro atoms. The van der Waals surface area contributed by atoms with Gasteiger partial charge in [-0.1, -0.05) is 41.5 Å². The van der Waals surface area contributed by atoms with E-state index in [2.05, 4.69) is 48.0 Å². The van der Waals surface area contributed by atoms with Crippen molar-refractivity contribution in [1.82, 2.24) is 0 Å². The van der Waals surface area contributed by atoms with Gasteiger partial charge in [-0.15, -0.1) is 0 Å². The monoisotopic (exact) mass is 191 g/mol. The van der Waals surface area contributed by atoms with Gasteiger partial charge >= 0.3 is 0 Å². The van der Waals surface area contributed by atoms with Crippen LogP contribution in [0, 0.1) is 17.3 Å². The summed E-state index contributed by atoms with van der Waals surface area (Å²) in [6.07, 6.45) is 2.38. The maximum Gasteiger partial charge on any atom is 0 e. The Morgan fingerprint density at radius 1 is 0.700 bits per heavy atom. The van der Waals surface area contributed by atoms with Gasteiger partial charge in [0.2, 0.25) is 0 Å². The second-order valence-electron chi connectivity index (χ2n) is 4.88. The predicted molar refractivity (Wildman–Crippen MR) is 43.2 cm³/mol. The SMILES string of the molecule is CC(C)(C)[CH-]C(C)(C)C.[Zn]. The normalized spacial score (nSPS) is 12.6. The molecule has 0 atom stereocenters. The van der Waals surface area contributed by atoms with Crippen molar-refractivity contribution in [3.63, 3.8) is 0 Å². The topological polar surface area (TPSA) is 0 Å². The van der Waals surface area contributed by atoms with Crippen molar-refractivity contribution in [3.05, 3.63) is 6.42 Å². The second kappa shape index (κ2) is 3.86. The minimum absolute atomic E-state index is 0. The number of hydrogen-bond donors (Lipinski definition) is 0. The van der Waals surface area contributed by atoms with Gasteiger partial charge in [-0.3, -0.25) is 0 Å². The van der Waals surface area contributed by atoms with Gasteiger partial charge in [0.1, 0.15) is 0 Å². The molecule has 0 bridgehead atoms. The molecule has 0 N–H and O–H groups in total. The van der Waals surface area contributed by atoms with Crippen LogP contribution in [0.1, 0.15) is 41.5 Å². The third-order valence-electron chi connectivity index (χ3n) is 0.866. The second-order valence-corrected chi connectivity index (χ2v) is 4.88. The zero-order valence-electron chi connectivity index (χ0n) is 8.28. The molecule has 0 aliphatic carbocycles. The van der Waals surface area contributed by atoms with E-state index in [9.17, 15) is 0 Å². The van der Waals surface area contributed by atoms with Crippen LogP contribution in [0.4, 0.5) is 0 Å². The van der Waals surface area contributed by atoms with E-state index in [4.69, 9.17) is 0 Å². The van der Waals surface area contributed by atoms with Crippen LogP contribution in [0.15, 0.2) is 0 Å². The molecular formula is C9H19Zn-. The molecule has 0 radical (unpaired) electrons. The molecule has 0 heterocycles. The maximum absolute atomic E-state index is 2.38. The van der Waals surface area contributed by atoms with Gasteiger partial charge in [0, 0.05) is 19.5 Å². The van der Waals surface area contributed by atoms with Crippen LogP contribution in [0.2, 0.25) is 0 Å². The summed E-state index contributed by atoms with van der Waals surface area (Å²) < 4.78 is 0. The summed E-state index contributed by atoms with van der Waals surface area (Å²) in [7, 11) is 0. The van der Waals surface area contributed by atoms with Crippen molar-refractivity contribution in [3.8, 4) is 0 Å². The Hall–Kier alpha value is 0.623. The van der Waals surface area contributed by atoms with Gasteiger partial charge < -0.3 is 6.42 Å². The first-order valence-electron chi connectivity index (χ1n) is 3.58. The van der Waals surface area contributed by atoms with Gasteiger partial charge in [0.25, 0.3) is 0 Å². The van der Waals surface area contributed by atoms with E-state index in [1.807, 2.05) is 0 Å². The molecule has 0 aliphatic rings. The molecule has 1 heteroatoms. The minimum Gasteiger partial charge on any atom is -0.318 e. The number of rotatable bonds is 0. The van der Waals surface area contributed by atoms with E-state index in [-0.39, 0.29) is 19.5 Å². The number of hydrogen-bond acceptors (Lipinski definition) is 0. The van der Waals surface area contributed by atoms with Crippen LogP contribution in [-0.4, -0.2) is 0 Å². The van der Waals surface area contributed by atoms with E-state index in [0.717, 1.165) is 0 Å². The van der Waals surface area contributed by atoms with E-state index < -0.39 is 0 Å². The molecule has 0 saturated heterocycles. The summed E-state index contributed by atoms with van der Waals surface area (Å²) in [5, 5.41) is 0. The van der Waals surface area contributed by atoms with E-state index in [0.29, 0.717) is 10.8 Å². The molecule has 0 aromatic heterocycles. The summed E-state index contributed by atoms with van der Waals surface area (Å²) >= 11 is 0. The van der Waals surface area contributed by atoms with Crippen LogP contribution in [-0.2, 0) is 19.5 Å². The van der Waals surface area contributed by atoms with Crippen molar-refractivity contribution < 1.29 is 19.5 Å². The smallest absolute Gasteiger partial charge is 0 e. The molecule has 0 unspecified atom stereocenters. The Balaban J connectivity index is 0. The zero-order chi connectivity index (χ0) is 7.71. The Bertz CT molecular complexity index is 69.9. The van der Waals surface area contributed by atoms with Crippen molar-refractivity contribution >= 4 is 0 Å². The summed E-state index contributed by atoms with van der Waals surface area (Å²) in [6.45, 7) is 13.4. The fourth-order valence-electron chi connectivity index (χ4n) is 1.30.